The van der Waals surface area contributed by atoms with E-state index in [1.807, 2.05) is 24.3 Å². The van der Waals surface area contributed by atoms with Crippen LogP contribution < -0.4 is 5.90 Å². The lowest BCUT2D eigenvalue weighted by Gasteiger charge is -2.09. The van der Waals surface area contributed by atoms with Gasteiger partial charge in [-0.3, -0.25) is 4.84 Å². The molecule has 0 saturated heterocycles. The summed E-state index contributed by atoms with van der Waals surface area (Å²) in [6.07, 6.45) is -0.114. The fourth-order valence-corrected chi connectivity index (χ4v) is 2.26. The molecular weight excluding hydrogens is 186 g/mol. The Bertz CT molecular complexity index is 462. The molecule has 3 rings (SSSR count). The van der Waals surface area contributed by atoms with Crippen LogP contribution in [0.25, 0.3) is 11.1 Å². The zero-order valence-electron chi connectivity index (χ0n) is 8.18. The summed E-state index contributed by atoms with van der Waals surface area (Å²) in [6, 6.07) is 16.4. The summed E-state index contributed by atoms with van der Waals surface area (Å²) in [5, 5.41) is 0. The molecule has 0 fully saturated rings. The Morgan fingerprint density at radius 1 is 0.800 bits per heavy atom. The van der Waals surface area contributed by atoms with Gasteiger partial charge in [0.25, 0.3) is 0 Å². The highest BCUT2D eigenvalue weighted by Gasteiger charge is 2.27. The molecule has 1 aliphatic carbocycles. The van der Waals surface area contributed by atoms with Crippen molar-refractivity contribution in [2.75, 3.05) is 0 Å². The van der Waals surface area contributed by atoms with Crippen LogP contribution in [0, 0.1) is 0 Å². The molecule has 0 spiro atoms. The quantitative estimate of drug-likeness (QED) is 0.713. The maximum absolute atomic E-state index is 5.36. The van der Waals surface area contributed by atoms with Crippen LogP contribution in [0.15, 0.2) is 48.5 Å². The van der Waals surface area contributed by atoms with Crippen LogP contribution in [0.1, 0.15) is 17.2 Å². The van der Waals surface area contributed by atoms with Crippen molar-refractivity contribution in [3.8, 4) is 11.1 Å². The fourth-order valence-electron chi connectivity index (χ4n) is 2.26. The molecular formula is C13H11NO. The lowest BCUT2D eigenvalue weighted by Crippen LogP contribution is -2.07. The highest BCUT2D eigenvalue weighted by molar-refractivity contribution is 5.77. The number of benzene rings is 2. The molecule has 2 aromatic rings. The van der Waals surface area contributed by atoms with Gasteiger partial charge >= 0.3 is 0 Å². The summed E-state index contributed by atoms with van der Waals surface area (Å²) >= 11 is 0. The van der Waals surface area contributed by atoms with Gasteiger partial charge in [0.2, 0.25) is 0 Å². The van der Waals surface area contributed by atoms with Gasteiger partial charge in [-0.2, -0.15) is 0 Å². The van der Waals surface area contributed by atoms with E-state index >= 15 is 0 Å². The van der Waals surface area contributed by atoms with Gasteiger partial charge in [0.05, 0.1) is 0 Å². The Morgan fingerprint density at radius 2 is 1.27 bits per heavy atom. The molecule has 0 heterocycles. The number of hydrogen-bond acceptors (Lipinski definition) is 2. The van der Waals surface area contributed by atoms with Crippen molar-refractivity contribution in [3.05, 3.63) is 59.7 Å². The molecule has 2 aromatic carbocycles. The van der Waals surface area contributed by atoms with E-state index in [0.29, 0.717) is 0 Å². The predicted molar refractivity (Wildman–Crippen MR) is 59.0 cm³/mol. The summed E-state index contributed by atoms with van der Waals surface area (Å²) < 4.78 is 0. The van der Waals surface area contributed by atoms with Crippen LogP contribution in [-0.2, 0) is 4.84 Å². The molecule has 74 valence electrons. The predicted octanol–water partition coefficient (Wildman–Crippen LogP) is 2.65. The highest BCUT2D eigenvalue weighted by atomic mass is 16.6. The van der Waals surface area contributed by atoms with E-state index in [0.717, 1.165) is 11.1 Å². The van der Waals surface area contributed by atoms with Gasteiger partial charge in [-0.05, 0) is 22.3 Å². The van der Waals surface area contributed by atoms with Crippen LogP contribution in [-0.4, -0.2) is 0 Å². The normalized spacial score (nSPS) is 13.7. The largest absolute Gasteiger partial charge is 0.292 e. The summed E-state index contributed by atoms with van der Waals surface area (Å²) in [4.78, 5) is 5.06. The minimum Gasteiger partial charge on any atom is -0.292 e. The fraction of sp³-hybridized carbons (Fsp3) is 0.0769. The van der Waals surface area contributed by atoms with E-state index in [4.69, 9.17) is 10.7 Å². The van der Waals surface area contributed by atoms with E-state index in [1.165, 1.54) is 11.1 Å². The van der Waals surface area contributed by atoms with Crippen molar-refractivity contribution in [3.63, 3.8) is 0 Å². The first-order valence-electron chi connectivity index (χ1n) is 4.95. The number of rotatable bonds is 1. The van der Waals surface area contributed by atoms with Gasteiger partial charge < -0.3 is 0 Å². The van der Waals surface area contributed by atoms with Crippen molar-refractivity contribution in [2.45, 2.75) is 6.10 Å². The Kier molecular flexibility index (Phi) is 1.84. The van der Waals surface area contributed by atoms with E-state index in [-0.39, 0.29) is 6.10 Å². The molecule has 2 N–H and O–H groups in total. The topological polar surface area (TPSA) is 35.2 Å². The summed E-state index contributed by atoms with van der Waals surface area (Å²) in [7, 11) is 0. The minimum absolute atomic E-state index is 0.114. The molecule has 0 saturated carbocycles. The molecule has 0 atom stereocenters. The van der Waals surface area contributed by atoms with Crippen LogP contribution in [0.4, 0.5) is 0 Å². The Labute approximate surface area is 88.3 Å². The van der Waals surface area contributed by atoms with Crippen LogP contribution >= 0.6 is 0 Å². The van der Waals surface area contributed by atoms with Crippen molar-refractivity contribution < 1.29 is 4.84 Å². The second kappa shape index (κ2) is 3.19. The molecule has 0 aliphatic heterocycles. The summed E-state index contributed by atoms with van der Waals surface area (Å²) in [5.41, 5.74) is 4.76. The lowest BCUT2D eigenvalue weighted by molar-refractivity contribution is 0.0844. The minimum atomic E-state index is -0.114. The van der Waals surface area contributed by atoms with Gasteiger partial charge in [0.15, 0.2) is 0 Å². The average molecular weight is 197 g/mol. The first-order chi connectivity index (χ1) is 7.42. The van der Waals surface area contributed by atoms with Crippen LogP contribution in [0.5, 0.6) is 0 Å². The second-order valence-corrected chi connectivity index (χ2v) is 3.69. The smallest absolute Gasteiger partial charge is 0.130 e. The third-order valence-corrected chi connectivity index (χ3v) is 2.91. The standard InChI is InChI=1S/C13H11NO/c14-15-13-11-7-3-1-5-9(11)10-6-2-4-8-12(10)13/h1-8,13H,14H2. The van der Waals surface area contributed by atoms with Gasteiger partial charge in [0.1, 0.15) is 6.10 Å². The number of fused-ring (bicyclic) bond motifs is 3. The Hall–Kier alpha value is -1.64. The van der Waals surface area contributed by atoms with Gasteiger partial charge in [0, 0.05) is 0 Å². The maximum atomic E-state index is 5.36. The van der Waals surface area contributed by atoms with E-state index < -0.39 is 0 Å². The third-order valence-electron chi connectivity index (χ3n) is 2.91. The zero-order valence-corrected chi connectivity index (χ0v) is 8.18. The molecule has 0 bridgehead atoms. The van der Waals surface area contributed by atoms with Gasteiger partial charge in [-0.15, -0.1) is 0 Å². The Morgan fingerprint density at radius 3 is 1.73 bits per heavy atom. The van der Waals surface area contributed by atoms with Gasteiger partial charge in [-0.1, -0.05) is 48.5 Å². The monoisotopic (exact) mass is 197 g/mol. The van der Waals surface area contributed by atoms with E-state index in [1.54, 1.807) is 0 Å². The number of nitrogens with two attached hydrogens (primary N) is 1. The summed E-state index contributed by atoms with van der Waals surface area (Å²) in [6.45, 7) is 0. The van der Waals surface area contributed by atoms with Crippen molar-refractivity contribution in [2.24, 2.45) is 5.90 Å². The lowest BCUT2D eigenvalue weighted by atomic mass is 10.1. The molecule has 0 radical (unpaired) electrons. The van der Waals surface area contributed by atoms with Crippen LogP contribution in [0.2, 0.25) is 0 Å². The molecule has 0 unspecified atom stereocenters. The summed E-state index contributed by atoms with van der Waals surface area (Å²) in [5.74, 6) is 5.36. The van der Waals surface area contributed by atoms with E-state index in [2.05, 4.69) is 24.3 Å². The third kappa shape index (κ3) is 1.12. The van der Waals surface area contributed by atoms with Crippen LogP contribution in [0.3, 0.4) is 0 Å². The molecule has 2 heteroatoms. The van der Waals surface area contributed by atoms with E-state index in [9.17, 15) is 0 Å². The van der Waals surface area contributed by atoms with Crippen molar-refractivity contribution in [1.82, 2.24) is 0 Å². The average Bonchev–Trinajstić information content (AvgIpc) is 2.63. The van der Waals surface area contributed by atoms with Crippen molar-refractivity contribution >= 4 is 0 Å². The first-order valence-corrected chi connectivity index (χ1v) is 4.95. The maximum Gasteiger partial charge on any atom is 0.130 e. The number of hydrogen-bond donors (Lipinski definition) is 1. The molecule has 1 aliphatic rings. The van der Waals surface area contributed by atoms with Gasteiger partial charge in [-0.25, -0.2) is 5.90 Å². The first kappa shape index (κ1) is 8.65. The molecule has 2 nitrogen and oxygen atoms in total. The molecule has 0 aromatic heterocycles. The second-order valence-electron chi connectivity index (χ2n) is 3.69. The zero-order chi connectivity index (χ0) is 10.3. The molecule has 0 amide bonds. The van der Waals surface area contributed by atoms with Crippen molar-refractivity contribution in [1.29, 1.82) is 0 Å². The Balaban J connectivity index is 2.31. The highest BCUT2D eigenvalue weighted by Crippen LogP contribution is 2.44. The molecule has 15 heavy (non-hydrogen) atoms. The SMILES string of the molecule is NOC1c2ccccc2-c2ccccc21.